The van der Waals surface area contributed by atoms with Crippen molar-refractivity contribution in [2.75, 3.05) is 0 Å². The van der Waals surface area contributed by atoms with E-state index in [0.29, 0.717) is 11.8 Å². The summed E-state index contributed by atoms with van der Waals surface area (Å²) in [5.41, 5.74) is 9.79. The second-order valence-corrected chi connectivity index (χ2v) is 3.25. The molecule has 0 aliphatic rings. The van der Waals surface area contributed by atoms with E-state index in [0.717, 1.165) is 5.56 Å². The first kappa shape index (κ1) is 11.3. The van der Waals surface area contributed by atoms with Crippen LogP contribution in [0.3, 0.4) is 0 Å². The number of aldehydes is 1. The lowest BCUT2D eigenvalue weighted by Gasteiger charge is -2.01. The molecular formula is C10H8ClN3O. The monoisotopic (exact) mass is 221 g/mol. The third-order valence-electron chi connectivity index (χ3n) is 1.76. The van der Waals surface area contributed by atoms with Gasteiger partial charge in [-0.1, -0.05) is 46.5 Å². The van der Waals surface area contributed by atoms with Gasteiger partial charge in [0.05, 0.1) is 10.7 Å². The Balaban J connectivity index is 3.27. The molecule has 0 bridgehead atoms. The number of hydrogen-bond donors (Lipinski definition) is 0. The molecule has 0 aromatic heterocycles. The van der Waals surface area contributed by atoms with Gasteiger partial charge in [0.25, 0.3) is 0 Å². The van der Waals surface area contributed by atoms with E-state index in [2.05, 4.69) is 10.0 Å². The number of allylic oxidation sites excluding steroid dienone is 1. The molecule has 0 spiro atoms. The first-order valence-corrected chi connectivity index (χ1v) is 4.54. The summed E-state index contributed by atoms with van der Waals surface area (Å²) < 4.78 is 0. The van der Waals surface area contributed by atoms with Gasteiger partial charge in [-0.3, -0.25) is 4.79 Å². The zero-order valence-electron chi connectivity index (χ0n) is 8.01. The van der Waals surface area contributed by atoms with Crippen molar-refractivity contribution in [3.05, 3.63) is 51.5 Å². The third-order valence-corrected chi connectivity index (χ3v) is 2.17. The lowest BCUT2D eigenvalue weighted by Crippen LogP contribution is -1.86. The van der Waals surface area contributed by atoms with E-state index in [-0.39, 0.29) is 10.7 Å². The highest BCUT2D eigenvalue weighted by atomic mass is 35.5. The number of benzene rings is 1. The van der Waals surface area contributed by atoms with E-state index < -0.39 is 0 Å². The molecule has 0 saturated heterocycles. The highest BCUT2D eigenvalue weighted by Crippen LogP contribution is 2.23. The largest absolute Gasteiger partial charge is 0.298 e. The van der Waals surface area contributed by atoms with Crippen molar-refractivity contribution in [2.45, 2.75) is 6.92 Å². The van der Waals surface area contributed by atoms with E-state index in [9.17, 15) is 4.79 Å². The van der Waals surface area contributed by atoms with Crippen molar-refractivity contribution >= 4 is 22.9 Å². The molecule has 76 valence electrons. The molecule has 0 aliphatic carbocycles. The van der Waals surface area contributed by atoms with Crippen molar-refractivity contribution in [3.63, 3.8) is 0 Å². The number of hydrogen-bond acceptors (Lipinski definition) is 2. The number of azide groups is 1. The van der Waals surface area contributed by atoms with Gasteiger partial charge in [0.1, 0.15) is 0 Å². The quantitative estimate of drug-likeness (QED) is 0.254. The molecule has 1 aromatic carbocycles. The lowest BCUT2D eigenvalue weighted by atomic mass is 10.1. The molecule has 1 rings (SSSR count). The maximum absolute atomic E-state index is 10.6. The van der Waals surface area contributed by atoms with Crippen LogP contribution >= 0.6 is 11.6 Å². The van der Waals surface area contributed by atoms with Gasteiger partial charge in [0, 0.05) is 4.91 Å². The Hall–Kier alpha value is -1.77. The topological polar surface area (TPSA) is 65.8 Å². The molecule has 1 aromatic rings. The summed E-state index contributed by atoms with van der Waals surface area (Å²) in [5.74, 6) is 0. The summed E-state index contributed by atoms with van der Waals surface area (Å²) in [4.78, 5) is 13.1. The average Bonchev–Trinajstić information content (AvgIpc) is 2.25. The molecule has 0 atom stereocenters. The van der Waals surface area contributed by atoms with Gasteiger partial charge in [-0.15, -0.1) is 0 Å². The van der Waals surface area contributed by atoms with Crippen LogP contribution in [0, 0.1) is 6.92 Å². The predicted octanol–water partition coefficient (Wildman–Crippen LogP) is 3.41. The molecule has 0 fully saturated rings. The fourth-order valence-electron chi connectivity index (χ4n) is 1.10. The second-order valence-electron chi connectivity index (χ2n) is 2.88. The van der Waals surface area contributed by atoms with E-state index in [1.807, 2.05) is 19.1 Å². The summed E-state index contributed by atoms with van der Waals surface area (Å²) in [6.07, 6.45) is 0.435. The normalized spacial score (nSPS) is 11.3. The Kier molecular flexibility index (Phi) is 3.92. The predicted molar refractivity (Wildman–Crippen MR) is 59.2 cm³/mol. The number of rotatable bonds is 3. The molecule has 0 unspecified atom stereocenters. The van der Waals surface area contributed by atoms with Gasteiger partial charge in [-0.25, -0.2) is 0 Å². The summed E-state index contributed by atoms with van der Waals surface area (Å²) >= 11 is 5.91. The minimum Gasteiger partial charge on any atom is -0.298 e. The maximum atomic E-state index is 10.6. The lowest BCUT2D eigenvalue weighted by molar-refractivity contribution is -0.104. The zero-order chi connectivity index (χ0) is 11.3. The number of carbonyl (C=O) groups is 1. The summed E-state index contributed by atoms with van der Waals surface area (Å²) in [6.45, 7) is 1.90. The highest BCUT2D eigenvalue weighted by molar-refractivity contribution is 6.50. The summed E-state index contributed by atoms with van der Waals surface area (Å²) in [5, 5.41) is 3.37. The summed E-state index contributed by atoms with van der Waals surface area (Å²) in [6, 6.07) is 7.26. The molecule has 15 heavy (non-hydrogen) atoms. The van der Waals surface area contributed by atoms with Crippen LogP contribution in [0.25, 0.3) is 15.5 Å². The molecule has 0 N–H and O–H groups in total. The fourth-order valence-corrected chi connectivity index (χ4v) is 1.30. The minimum absolute atomic E-state index is 0.107. The molecule has 4 nitrogen and oxygen atoms in total. The Morgan fingerprint density at radius 1 is 1.60 bits per heavy atom. The third kappa shape index (κ3) is 2.84. The Morgan fingerprint density at radius 3 is 2.87 bits per heavy atom. The first-order valence-electron chi connectivity index (χ1n) is 4.16. The van der Waals surface area contributed by atoms with Crippen LogP contribution in [0.4, 0.5) is 0 Å². The molecule has 0 aliphatic heterocycles. The number of nitrogens with zero attached hydrogens (tertiary/aromatic N) is 3. The van der Waals surface area contributed by atoms with Crippen LogP contribution in [-0.2, 0) is 4.79 Å². The molecule has 5 heteroatoms. The van der Waals surface area contributed by atoms with E-state index in [1.165, 1.54) is 0 Å². The highest BCUT2D eigenvalue weighted by Gasteiger charge is 2.04. The maximum Gasteiger partial charge on any atom is 0.153 e. The van der Waals surface area contributed by atoms with Crippen LogP contribution < -0.4 is 0 Å². The second kappa shape index (κ2) is 5.20. The smallest absolute Gasteiger partial charge is 0.153 e. The van der Waals surface area contributed by atoms with Gasteiger partial charge < -0.3 is 0 Å². The first-order chi connectivity index (χ1) is 7.19. The van der Waals surface area contributed by atoms with Gasteiger partial charge in [-0.05, 0) is 18.0 Å². The van der Waals surface area contributed by atoms with E-state index in [4.69, 9.17) is 17.1 Å². The van der Waals surface area contributed by atoms with Crippen molar-refractivity contribution < 1.29 is 4.79 Å². The number of carbonyl (C=O) groups excluding carboxylic acids is 1. The van der Waals surface area contributed by atoms with Gasteiger partial charge in [0.15, 0.2) is 6.29 Å². The van der Waals surface area contributed by atoms with Gasteiger partial charge in [0.2, 0.25) is 0 Å². The fraction of sp³-hybridized carbons (Fsp3) is 0.100. The number of halogens is 1. The van der Waals surface area contributed by atoms with Crippen molar-refractivity contribution in [2.24, 2.45) is 5.11 Å². The minimum atomic E-state index is -0.107. The molecule has 0 amide bonds. The van der Waals surface area contributed by atoms with Crippen LogP contribution in [-0.4, -0.2) is 6.29 Å². The summed E-state index contributed by atoms with van der Waals surface area (Å²) in [7, 11) is 0. The SMILES string of the molecule is Cc1cccc(/C(Cl)=C(/C=O)N=[N+]=[N-])c1. The standard InChI is InChI=1S/C10H8ClN3O/c1-7-3-2-4-8(5-7)10(11)9(6-15)13-14-12/h2-6H,1H3/b10-9+. The Labute approximate surface area is 91.8 Å². The van der Waals surface area contributed by atoms with Crippen LogP contribution in [0.1, 0.15) is 11.1 Å². The van der Waals surface area contributed by atoms with E-state index >= 15 is 0 Å². The van der Waals surface area contributed by atoms with Crippen molar-refractivity contribution in [1.29, 1.82) is 0 Å². The molecule has 0 radical (unpaired) electrons. The van der Waals surface area contributed by atoms with Gasteiger partial charge in [-0.2, -0.15) is 0 Å². The molecular weight excluding hydrogens is 214 g/mol. The average molecular weight is 222 g/mol. The van der Waals surface area contributed by atoms with Crippen LogP contribution in [0.15, 0.2) is 35.1 Å². The van der Waals surface area contributed by atoms with E-state index in [1.54, 1.807) is 12.1 Å². The van der Waals surface area contributed by atoms with Crippen LogP contribution in [0.2, 0.25) is 0 Å². The van der Waals surface area contributed by atoms with Crippen molar-refractivity contribution in [3.8, 4) is 0 Å². The zero-order valence-corrected chi connectivity index (χ0v) is 8.77. The van der Waals surface area contributed by atoms with Crippen molar-refractivity contribution in [1.82, 2.24) is 0 Å². The van der Waals surface area contributed by atoms with Crippen LogP contribution in [0.5, 0.6) is 0 Å². The molecule has 0 saturated carbocycles. The Morgan fingerprint density at radius 2 is 2.33 bits per heavy atom. The molecule has 0 heterocycles. The Bertz CT molecular complexity index is 461. The van der Waals surface area contributed by atoms with Gasteiger partial charge >= 0.3 is 0 Å². The number of aryl methyl sites for hydroxylation is 1.